The Kier molecular flexibility index (Phi) is 11.0. The summed E-state index contributed by atoms with van der Waals surface area (Å²) in [4.78, 5) is 1.63. The third-order valence-corrected chi connectivity index (χ3v) is 8.01. The van der Waals surface area contributed by atoms with Gasteiger partial charge in [-0.25, -0.2) is 0 Å². The van der Waals surface area contributed by atoms with E-state index in [1.165, 1.54) is 36.1 Å². The lowest BCUT2D eigenvalue weighted by atomic mass is 9.86. The van der Waals surface area contributed by atoms with Crippen molar-refractivity contribution in [2.45, 2.75) is 103 Å². The van der Waals surface area contributed by atoms with Crippen molar-refractivity contribution in [3.05, 3.63) is 46.5 Å². The molecule has 0 aliphatic heterocycles. The van der Waals surface area contributed by atoms with Crippen LogP contribution in [-0.4, -0.2) is 21.7 Å². The van der Waals surface area contributed by atoms with Crippen molar-refractivity contribution < 1.29 is 10.2 Å². The molecular formula is C28H44O2S2. The molecule has 0 saturated carbocycles. The van der Waals surface area contributed by atoms with Crippen molar-refractivity contribution in [2.75, 3.05) is 11.5 Å². The number of benzene rings is 2. The van der Waals surface area contributed by atoms with E-state index in [1.807, 2.05) is 38.1 Å². The highest BCUT2D eigenvalue weighted by Gasteiger charge is 2.25. The molecule has 0 aliphatic carbocycles. The molecule has 0 saturated heterocycles. The van der Waals surface area contributed by atoms with Crippen molar-refractivity contribution >= 4 is 23.5 Å². The summed E-state index contributed by atoms with van der Waals surface area (Å²) in [5, 5.41) is 21.8. The molecule has 0 spiro atoms. The van der Waals surface area contributed by atoms with Gasteiger partial charge in [0, 0.05) is 11.1 Å². The minimum Gasteiger partial charge on any atom is -0.506 e. The van der Waals surface area contributed by atoms with Crippen LogP contribution < -0.4 is 0 Å². The number of phenols is 2. The fraction of sp³-hybridized carbons (Fsp3) is 0.571. The van der Waals surface area contributed by atoms with Crippen LogP contribution in [0.25, 0.3) is 0 Å². The van der Waals surface area contributed by atoms with Crippen molar-refractivity contribution in [1.82, 2.24) is 0 Å². The molecule has 2 aromatic rings. The smallest absolute Gasteiger partial charge is 0.133 e. The van der Waals surface area contributed by atoms with Gasteiger partial charge in [0.15, 0.2) is 0 Å². The third kappa shape index (κ3) is 7.95. The van der Waals surface area contributed by atoms with Gasteiger partial charge in [0.05, 0.1) is 9.79 Å². The largest absolute Gasteiger partial charge is 0.506 e. The maximum atomic E-state index is 10.9. The monoisotopic (exact) mass is 476 g/mol. The fourth-order valence-corrected chi connectivity index (χ4v) is 5.16. The predicted molar refractivity (Wildman–Crippen MR) is 145 cm³/mol. The molecular weight excluding hydrogens is 432 g/mol. The van der Waals surface area contributed by atoms with Crippen LogP contribution in [0.1, 0.15) is 90.5 Å². The van der Waals surface area contributed by atoms with Crippen molar-refractivity contribution in [3.63, 3.8) is 0 Å². The highest BCUT2D eigenvalue weighted by molar-refractivity contribution is 7.99. The van der Waals surface area contributed by atoms with Crippen LogP contribution in [0.3, 0.4) is 0 Å². The Balaban J connectivity index is 0.000000633. The zero-order chi connectivity index (χ0) is 24.7. The quantitative estimate of drug-likeness (QED) is 0.408. The van der Waals surface area contributed by atoms with Crippen LogP contribution in [0.2, 0.25) is 0 Å². The Morgan fingerprint density at radius 1 is 0.656 bits per heavy atom. The van der Waals surface area contributed by atoms with Crippen LogP contribution >= 0.6 is 23.5 Å². The summed E-state index contributed by atoms with van der Waals surface area (Å²) < 4.78 is 0. The van der Waals surface area contributed by atoms with E-state index in [9.17, 15) is 10.2 Å². The average molecular weight is 477 g/mol. The summed E-state index contributed by atoms with van der Waals surface area (Å²) in [7, 11) is 0. The molecule has 0 fully saturated rings. The van der Waals surface area contributed by atoms with Gasteiger partial charge in [-0.2, -0.15) is 11.8 Å². The Morgan fingerprint density at radius 3 is 1.28 bits per heavy atom. The SMILES string of the molecule is CCCSCCC.Cc1ccc(C(C)(C)C)c(O)c1Sc1c(C)ccc(C(C)(C)C)c1O. The molecule has 0 atom stereocenters. The van der Waals surface area contributed by atoms with Gasteiger partial charge in [-0.15, -0.1) is 0 Å². The second kappa shape index (κ2) is 12.3. The molecule has 2 nitrogen and oxygen atoms in total. The van der Waals surface area contributed by atoms with Crippen LogP contribution in [-0.2, 0) is 10.8 Å². The summed E-state index contributed by atoms with van der Waals surface area (Å²) in [5.74, 6) is 3.32. The van der Waals surface area contributed by atoms with E-state index in [-0.39, 0.29) is 10.8 Å². The second-order valence-electron chi connectivity index (χ2n) is 10.4. The first kappa shape index (κ1) is 28.8. The Hall–Kier alpha value is -1.26. The number of aryl methyl sites for hydroxylation is 2. The molecule has 0 bridgehead atoms. The van der Waals surface area contributed by atoms with Crippen LogP contribution in [0.5, 0.6) is 11.5 Å². The second-order valence-corrected chi connectivity index (χ2v) is 12.7. The first-order valence-corrected chi connectivity index (χ1v) is 13.6. The molecule has 0 unspecified atom stereocenters. The number of hydrogen-bond acceptors (Lipinski definition) is 4. The van der Waals surface area contributed by atoms with Gasteiger partial charge in [-0.1, -0.05) is 91.4 Å². The summed E-state index contributed by atoms with van der Waals surface area (Å²) >= 11 is 3.51. The van der Waals surface area contributed by atoms with Crippen LogP contribution in [0, 0.1) is 13.8 Å². The van der Waals surface area contributed by atoms with E-state index in [4.69, 9.17) is 0 Å². The van der Waals surface area contributed by atoms with Crippen molar-refractivity contribution in [3.8, 4) is 11.5 Å². The van der Waals surface area contributed by atoms with Gasteiger partial charge in [0.2, 0.25) is 0 Å². The third-order valence-electron chi connectivity index (χ3n) is 5.17. The van der Waals surface area contributed by atoms with E-state index in [2.05, 4.69) is 67.2 Å². The minimum absolute atomic E-state index is 0.141. The Bertz CT molecular complexity index is 803. The highest BCUT2D eigenvalue weighted by Crippen LogP contribution is 2.48. The van der Waals surface area contributed by atoms with Gasteiger partial charge in [-0.05, 0) is 60.2 Å². The average Bonchev–Trinajstić information content (AvgIpc) is 2.66. The van der Waals surface area contributed by atoms with Gasteiger partial charge in [-0.3, -0.25) is 0 Å². The Morgan fingerprint density at radius 2 is 1.00 bits per heavy atom. The standard InChI is InChI=1S/C22H30O2S.C6H14S/c1-13-9-11-15(21(3,4)5)17(23)19(13)25-20-14(2)10-12-16(18(20)24)22(6,7)8;1-3-5-7-6-4-2/h9-12,23-24H,1-8H3;3-6H2,1-2H3. The molecule has 0 amide bonds. The Labute approximate surface area is 205 Å². The lowest BCUT2D eigenvalue weighted by Gasteiger charge is -2.25. The zero-order valence-corrected chi connectivity index (χ0v) is 23.5. The normalized spacial score (nSPS) is 11.8. The van der Waals surface area contributed by atoms with E-state index >= 15 is 0 Å². The maximum absolute atomic E-state index is 10.9. The molecule has 4 heteroatoms. The number of rotatable bonds is 6. The lowest BCUT2D eigenvalue weighted by molar-refractivity contribution is 0.431. The number of phenolic OH excluding ortho intramolecular Hbond substituents is 2. The van der Waals surface area contributed by atoms with Crippen molar-refractivity contribution in [1.29, 1.82) is 0 Å². The number of hydrogen-bond donors (Lipinski definition) is 2. The fourth-order valence-electron chi connectivity index (χ4n) is 3.30. The summed E-state index contributed by atoms with van der Waals surface area (Å²) in [6, 6.07) is 8.07. The molecule has 0 radical (unpaired) electrons. The molecule has 2 N–H and O–H groups in total. The first-order chi connectivity index (χ1) is 14.8. The summed E-state index contributed by atoms with van der Waals surface area (Å²) in [5.41, 5.74) is 3.58. The summed E-state index contributed by atoms with van der Waals surface area (Å²) in [6.45, 7) is 21.0. The van der Waals surface area contributed by atoms with Crippen molar-refractivity contribution in [2.24, 2.45) is 0 Å². The van der Waals surface area contributed by atoms with Crippen LogP contribution in [0.15, 0.2) is 34.1 Å². The van der Waals surface area contributed by atoms with Gasteiger partial charge >= 0.3 is 0 Å². The molecule has 0 aromatic heterocycles. The molecule has 0 aliphatic rings. The van der Waals surface area contributed by atoms with E-state index in [1.54, 1.807) is 0 Å². The lowest BCUT2D eigenvalue weighted by Crippen LogP contribution is -2.12. The number of thioether (sulfide) groups is 1. The molecule has 180 valence electrons. The highest BCUT2D eigenvalue weighted by atomic mass is 32.2. The molecule has 32 heavy (non-hydrogen) atoms. The minimum atomic E-state index is -0.141. The molecule has 2 aromatic carbocycles. The van der Waals surface area contributed by atoms with Gasteiger partial charge in [0.1, 0.15) is 11.5 Å². The van der Waals surface area contributed by atoms with Gasteiger partial charge < -0.3 is 10.2 Å². The molecule has 0 heterocycles. The van der Waals surface area contributed by atoms with Crippen LogP contribution in [0.4, 0.5) is 0 Å². The van der Waals surface area contributed by atoms with E-state index in [0.29, 0.717) is 11.5 Å². The van der Waals surface area contributed by atoms with Gasteiger partial charge in [0.25, 0.3) is 0 Å². The predicted octanol–water partition coefficient (Wildman–Crippen LogP) is 9.00. The van der Waals surface area contributed by atoms with E-state index in [0.717, 1.165) is 32.0 Å². The topological polar surface area (TPSA) is 40.5 Å². The zero-order valence-electron chi connectivity index (χ0n) is 21.8. The molecule has 2 rings (SSSR count). The van der Waals surface area contributed by atoms with E-state index < -0.39 is 0 Å². The first-order valence-electron chi connectivity index (χ1n) is 11.7. The maximum Gasteiger partial charge on any atom is 0.133 e. The number of aromatic hydroxyl groups is 2. The summed E-state index contributed by atoms with van der Waals surface area (Å²) in [6.07, 6.45) is 2.65.